The molecule has 4 nitrogen and oxygen atoms in total. The molecule has 0 saturated carbocycles. The fourth-order valence-electron chi connectivity index (χ4n) is 2.66. The van der Waals surface area contributed by atoms with Gasteiger partial charge in [0, 0.05) is 17.5 Å². The van der Waals surface area contributed by atoms with Crippen LogP contribution in [-0.4, -0.2) is 18.2 Å². The largest absolute Gasteiger partial charge is 0.300 e. The Hall–Kier alpha value is -2.40. The fourth-order valence-corrected chi connectivity index (χ4v) is 4.21. The topological polar surface area (TPSA) is 56.1 Å². The van der Waals surface area contributed by atoms with Crippen molar-refractivity contribution in [3.8, 4) is 0 Å². The van der Waals surface area contributed by atoms with Crippen LogP contribution >= 0.6 is 0 Å². The van der Waals surface area contributed by atoms with Crippen molar-refractivity contribution in [2.24, 2.45) is 0 Å². The van der Waals surface area contributed by atoms with Gasteiger partial charge in [-0.25, -0.2) is 12.4 Å². The molecule has 0 radical (unpaired) electrons. The molecule has 0 N–H and O–H groups in total. The Balaban J connectivity index is 2.28. The Morgan fingerprint density at radius 2 is 1.70 bits per heavy atom. The summed E-state index contributed by atoms with van der Waals surface area (Å²) >= 11 is 0. The molecule has 1 heterocycles. The molecule has 2 aromatic carbocycles. The molecule has 0 unspecified atom stereocenters. The van der Waals surface area contributed by atoms with Gasteiger partial charge in [-0.05, 0) is 38.1 Å². The second-order valence-corrected chi connectivity index (χ2v) is 7.44. The molecule has 118 valence electrons. The van der Waals surface area contributed by atoms with Crippen LogP contribution in [0.15, 0.2) is 59.5 Å². The molecule has 0 spiro atoms. The monoisotopic (exact) mass is 327 g/mol. The molecule has 0 amide bonds. The van der Waals surface area contributed by atoms with Gasteiger partial charge in [-0.3, -0.25) is 4.79 Å². The number of rotatable bonds is 4. The number of carbonyl (C=O) groups is 1. The van der Waals surface area contributed by atoms with Crippen LogP contribution in [0.25, 0.3) is 10.9 Å². The van der Waals surface area contributed by atoms with Crippen LogP contribution in [0.1, 0.15) is 18.2 Å². The molecule has 5 heteroatoms. The number of aryl methyl sites for hydroxylation is 1. The van der Waals surface area contributed by atoms with Gasteiger partial charge in [-0.15, -0.1) is 0 Å². The Kier molecular flexibility index (Phi) is 3.82. The van der Waals surface area contributed by atoms with Gasteiger partial charge in [0.15, 0.2) is 0 Å². The van der Waals surface area contributed by atoms with Crippen molar-refractivity contribution in [2.45, 2.75) is 25.2 Å². The van der Waals surface area contributed by atoms with Crippen molar-refractivity contribution in [2.75, 3.05) is 0 Å². The van der Waals surface area contributed by atoms with Crippen molar-refractivity contribution in [3.63, 3.8) is 0 Å². The van der Waals surface area contributed by atoms with E-state index in [-0.39, 0.29) is 17.1 Å². The van der Waals surface area contributed by atoms with Gasteiger partial charge in [0.1, 0.15) is 5.78 Å². The number of fused-ring (bicyclic) bond motifs is 1. The number of ketones is 1. The number of benzene rings is 2. The molecular formula is C18H17NO3S. The minimum absolute atomic E-state index is 0.0758. The molecule has 3 rings (SSSR count). The molecule has 0 saturated heterocycles. The summed E-state index contributed by atoms with van der Waals surface area (Å²) in [5, 5.41) is 0.805. The van der Waals surface area contributed by atoms with Gasteiger partial charge in [0.05, 0.1) is 10.4 Å². The standard InChI is InChI=1S/C18H17NO3S/c1-13-7-9-17(10-8-13)23(21,22)19-16(11-14(2)20)12-15-5-3-4-6-18(15)19/h3-10,12H,11H2,1-2H3. The van der Waals surface area contributed by atoms with Crippen molar-refractivity contribution < 1.29 is 13.2 Å². The van der Waals surface area contributed by atoms with Crippen LogP contribution in [0, 0.1) is 6.92 Å². The summed E-state index contributed by atoms with van der Waals surface area (Å²) in [7, 11) is -3.75. The normalized spacial score (nSPS) is 11.7. The highest BCUT2D eigenvalue weighted by Crippen LogP contribution is 2.26. The Morgan fingerprint density at radius 3 is 2.35 bits per heavy atom. The van der Waals surface area contributed by atoms with E-state index in [0.717, 1.165) is 10.9 Å². The van der Waals surface area contributed by atoms with Crippen molar-refractivity contribution in [1.29, 1.82) is 0 Å². The van der Waals surface area contributed by atoms with E-state index in [2.05, 4.69) is 0 Å². The molecule has 0 atom stereocenters. The van der Waals surface area contributed by atoms with Gasteiger partial charge in [-0.1, -0.05) is 35.9 Å². The fraction of sp³-hybridized carbons (Fsp3) is 0.167. The SMILES string of the molecule is CC(=O)Cc1cc2ccccc2n1S(=O)(=O)c1ccc(C)cc1. The molecule has 0 aliphatic rings. The first-order valence-electron chi connectivity index (χ1n) is 7.30. The third-order valence-corrected chi connectivity index (χ3v) is 5.51. The first-order valence-corrected chi connectivity index (χ1v) is 8.74. The Bertz CT molecular complexity index is 983. The maximum atomic E-state index is 13.1. The number of hydrogen-bond donors (Lipinski definition) is 0. The lowest BCUT2D eigenvalue weighted by atomic mass is 10.2. The molecule has 23 heavy (non-hydrogen) atoms. The van der Waals surface area contributed by atoms with E-state index in [9.17, 15) is 13.2 Å². The number of nitrogens with zero attached hydrogens (tertiary/aromatic N) is 1. The summed E-state index contributed by atoms with van der Waals surface area (Å²) in [5.41, 5.74) is 2.06. The molecule has 3 aromatic rings. The summed E-state index contributed by atoms with van der Waals surface area (Å²) in [5.74, 6) is -0.0758. The van der Waals surface area contributed by atoms with Crippen molar-refractivity contribution in [1.82, 2.24) is 3.97 Å². The van der Waals surface area contributed by atoms with E-state index in [1.807, 2.05) is 19.1 Å². The first kappa shape index (κ1) is 15.5. The second kappa shape index (κ2) is 5.66. The summed E-state index contributed by atoms with van der Waals surface area (Å²) < 4.78 is 27.4. The average Bonchev–Trinajstić information content (AvgIpc) is 2.85. The molecule has 0 aliphatic carbocycles. The Morgan fingerprint density at radius 1 is 1.04 bits per heavy atom. The second-order valence-electron chi connectivity index (χ2n) is 5.66. The first-order chi connectivity index (χ1) is 10.9. The van der Waals surface area contributed by atoms with Crippen molar-refractivity contribution in [3.05, 3.63) is 65.9 Å². The maximum absolute atomic E-state index is 13.1. The maximum Gasteiger partial charge on any atom is 0.268 e. The van der Waals surface area contributed by atoms with Crippen LogP contribution in [0.5, 0.6) is 0 Å². The lowest BCUT2D eigenvalue weighted by Crippen LogP contribution is -2.17. The number of carbonyl (C=O) groups excluding carboxylic acids is 1. The third kappa shape index (κ3) is 2.80. The van der Waals surface area contributed by atoms with E-state index in [1.165, 1.54) is 10.9 Å². The highest BCUT2D eigenvalue weighted by molar-refractivity contribution is 7.90. The molecule has 0 fully saturated rings. The van der Waals surface area contributed by atoms with E-state index >= 15 is 0 Å². The highest BCUT2D eigenvalue weighted by Gasteiger charge is 2.23. The zero-order chi connectivity index (χ0) is 16.6. The third-order valence-electron chi connectivity index (χ3n) is 3.73. The van der Waals surface area contributed by atoms with Crippen molar-refractivity contribution >= 4 is 26.7 Å². The Labute approximate surface area is 135 Å². The van der Waals surface area contributed by atoms with Gasteiger partial charge in [-0.2, -0.15) is 0 Å². The average molecular weight is 327 g/mol. The summed E-state index contributed by atoms with van der Waals surface area (Å²) in [4.78, 5) is 11.8. The van der Waals surface area contributed by atoms with E-state index in [1.54, 1.807) is 42.5 Å². The number of hydrogen-bond acceptors (Lipinski definition) is 3. The van der Waals surface area contributed by atoms with E-state index in [4.69, 9.17) is 0 Å². The van der Waals surface area contributed by atoms with Crippen LogP contribution < -0.4 is 0 Å². The summed E-state index contributed by atoms with van der Waals surface area (Å²) in [6.07, 6.45) is 0.0831. The van der Waals surface area contributed by atoms with Gasteiger partial charge < -0.3 is 0 Å². The number of para-hydroxylation sites is 1. The quantitative estimate of drug-likeness (QED) is 0.738. The van der Waals surface area contributed by atoms with Gasteiger partial charge in [0.25, 0.3) is 10.0 Å². The molecule has 0 bridgehead atoms. The van der Waals surface area contributed by atoms with Crippen LogP contribution in [0.3, 0.4) is 0 Å². The summed E-state index contributed by atoms with van der Waals surface area (Å²) in [6, 6.07) is 15.7. The lowest BCUT2D eigenvalue weighted by molar-refractivity contribution is -0.116. The molecular weight excluding hydrogens is 310 g/mol. The minimum atomic E-state index is -3.75. The number of Topliss-reactive ketones (excluding diaryl/α,β-unsaturated/α-hetero) is 1. The smallest absolute Gasteiger partial charge is 0.268 e. The van der Waals surface area contributed by atoms with E-state index in [0.29, 0.717) is 11.2 Å². The summed E-state index contributed by atoms with van der Waals surface area (Å²) in [6.45, 7) is 3.36. The predicted octanol–water partition coefficient (Wildman–Crippen LogP) is 3.32. The molecule has 0 aliphatic heterocycles. The minimum Gasteiger partial charge on any atom is -0.300 e. The highest BCUT2D eigenvalue weighted by atomic mass is 32.2. The van der Waals surface area contributed by atoms with E-state index < -0.39 is 10.0 Å². The number of aromatic nitrogens is 1. The predicted molar refractivity (Wildman–Crippen MR) is 90.1 cm³/mol. The van der Waals surface area contributed by atoms with Gasteiger partial charge in [0.2, 0.25) is 0 Å². The zero-order valence-corrected chi connectivity index (χ0v) is 13.8. The zero-order valence-electron chi connectivity index (χ0n) is 13.0. The van der Waals surface area contributed by atoms with Gasteiger partial charge >= 0.3 is 0 Å². The van der Waals surface area contributed by atoms with Crippen LogP contribution in [0.2, 0.25) is 0 Å². The lowest BCUT2D eigenvalue weighted by Gasteiger charge is -2.11. The van der Waals surface area contributed by atoms with Crippen LogP contribution in [0.4, 0.5) is 0 Å². The van der Waals surface area contributed by atoms with Crippen LogP contribution in [-0.2, 0) is 21.2 Å². The molecule has 1 aromatic heterocycles.